The zero-order valence-corrected chi connectivity index (χ0v) is 14.3. The Labute approximate surface area is 135 Å². The minimum atomic E-state index is -3.62. The number of sulfonamides is 1. The van der Waals surface area contributed by atoms with E-state index in [0.29, 0.717) is 19.7 Å². The van der Waals surface area contributed by atoms with Gasteiger partial charge in [0.1, 0.15) is 5.82 Å². The molecule has 0 spiro atoms. The number of aryl methyl sites for hydroxylation is 1. The van der Waals surface area contributed by atoms with Crippen LogP contribution in [0.25, 0.3) is 0 Å². The van der Waals surface area contributed by atoms with E-state index >= 15 is 0 Å². The van der Waals surface area contributed by atoms with Crippen molar-refractivity contribution in [1.29, 1.82) is 0 Å². The molecule has 0 saturated heterocycles. The topological polar surface area (TPSA) is 82.3 Å². The first-order valence-corrected chi connectivity index (χ1v) is 8.92. The summed E-state index contributed by atoms with van der Waals surface area (Å²) in [6.45, 7) is 3.47. The minimum absolute atomic E-state index is 0.0754. The number of ether oxygens (including phenoxy) is 1. The van der Waals surface area contributed by atoms with Crippen molar-refractivity contribution in [2.24, 2.45) is 7.05 Å². The van der Waals surface area contributed by atoms with Crippen molar-refractivity contribution < 1.29 is 13.2 Å². The molecule has 0 bridgehead atoms. The Morgan fingerprint density at radius 2 is 2.13 bits per heavy atom. The second-order valence-electron chi connectivity index (χ2n) is 5.67. The third-order valence-electron chi connectivity index (χ3n) is 4.14. The van der Waals surface area contributed by atoms with Crippen LogP contribution in [0.15, 0.2) is 23.7 Å². The summed E-state index contributed by atoms with van der Waals surface area (Å²) in [5.41, 5.74) is 1.07. The van der Waals surface area contributed by atoms with Gasteiger partial charge in [0.15, 0.2) is 5.03 Å². The largest absolute Gasteiger partial charge is 0.384 e. The van der Waals surface area contributed by atoms with E-state index in [2.05, 4.69) is 14.5 Å². The molecule has 0 saturated carbocycles. The maximum absolute atomic E-state index is 12.8. The number of fused-ring (bicyclic) bond motifs is 1. The van der Waals surface area contributed by atoms with E-state index in [0.717, 1.165) is 17.9 Å². The van der Waals surface area contributed by atoms with Crippen molar-refractivity contribution in [2.75, 3.05) is 20.3 Å². The van der Waals surface area contributed by atoms with Gasteiger partial charge in [-0.1, -0.05) is 0 Å². The first kappa shape index (κ1) is 16.2. The Kier molecular flexibility index (Phi) is 4.26. The Hall–Kier alpha value is -1.71. The molecule has 0 amide bonds. The molecule has 23 heavy (non-hydrogen) atoms. The highest BCUT2D eigenvalue weighted by Crippen LogP contribution is 2.30. The second-order valence-corrected chi connectivity index (χ2v) is 7.51. The molecule has 126 valence electrons. The van der Waals surface area contributed by atoms with Gasteiger partial charge < -0.3 is 13.9 Å². The number of imidazole rings is 2. The number of aromatic nitrogens is 4. The lowest BCUT2D eigenvalue weighted by Crippen LogP contribution is -2.41. The van der Waals surface area contributed by atoms with Crippen LogP contribution in [-0.2, 0) is 34.8 Å². The molecule has 3 heterocycles. The molecule has 2 aromatic heterocycles. The van der Waals surface area contributed by atoms with Crippen molar-refractivity contribution >= 4 is 10.0 Å². The van der Waals surface area contributed by atoms with Gasteiger partial charge in [-0.3, -0.25) is 0 Å². The number of hydrogen-bond donors (Lipinski definition) is 0. The van der Waals surface area contributed by atoms with Gasteiger partial charge >= 0.3 is 0 Å². The standard InChI is InChI=1S/C14H21N5O3S/c1-11-14-15-8-12(4-7-22-3)18(14)5-6-19(11)23(20,21)13-9-17(2)10-16-13/h8-11H,4-7H2,1-3H3. The van der Waals surface area contributed by atoms with Crippen LogP contribution in [0.2, 0.25) is 0 Å². The summed E-state index contributed by atoms with van der Waals surface area (Å²) < 4.78 is 35.9. The molecule has 1 unspecified atom stereocenters. The monoisotopic (exact) mass is 339 g/mol. The Morgan fingerprint density at radius 3 is 2.78 bits per heavy atom. The summed E-state index contributed by atoms with van der Waals surface area (Å²) in [4.78, 5) is 8.42. The van der Waals surface area contributed by atoms with Crippen LogP contribution in [0.5, 0.6) is 0 Å². The van der Waals surface area contributed by atoms with Crippen LogP contribution in [0, 0.1) is 0 Å². The molecule has 9 heteroatoms. The minimum Gasteiger partial charge on any atom is -0.384 e. The van der Waals surface area contributed by atoms with Crippen LogP contribution >= 0.6 is 0 Å². The first-order valence-electron chi connectivity index (χ1n) is 7.48. The lowest BCUT2D eigenvalue weighted by atomic mass is 10.2. The van der Waals surface area contributed by atoms with Crippen molar-refractivity contribution in [2.45, 2.75) is 31.0 Å². The van der Waals surface area contributed by atoms with Crippen molar-refractivity contribution in [3.63, 3.8) is 0 Å². The van der Waals surface area contributed by atoms with Crippen LogP contribution in [-0.4, -0.2) is 52.1 Å². The SMILES string of the molecule is COCCc1cnc2n1CCN(S(=O)(=O)c1cn(C)cn1)C2C. The summed E-state index contributed by atoms with van der Waals surface area (Å²) >= 11 is 0. The van der Waals surface area contributed by atoms with E-state index in [-0.39, 0.29) is 11.1 Å². The highest BCUT2D eigenvalue weighted by atomic mass is 32.2. The van der Waals surface area contributed by atoms with Gasteiger partial charge in [-0.2, -0.15) is 4.31 Å². The maximum Gasteiger partial charge on any atom is 0.262 e. The summed E-state index contributed by atoms with van der Waals surface area (Å²) in [6, 6.07) is -0.327. The molecule has 1 aliphatic heterocycles. The predicted molar refractivity (Wildman–Crippen MR) is 83.3 cm³/mol. The molecule has 0 N–H and O–H groups in total. The van der Waals surface area contributed by atoms with Gasteiger partial charge in [0.25, 0.3) is 10.0 Å². The van der Waals surface area contributed by atoms with E-state index in [1.54, 1.807) is 18.7 Å². The Bertz CT molecular complexity index is 795. The van der Waals surface area contributed by atoms with E-state index in [1.165, 1.54) is 16.8 Å². The molecule has 0 aliphatic carbocycles. The van der Waals surface area contributed by atoms with Crippen LogP contribution < -0.4 is 0 Å². The third kappa shape index (κ3) is 2.79. The zero-order valence-electron chi connectivity index (χ0n) is 13.5. The quantitative estimate of drug-likeness (QED) is 0.795. The summed E-state index contributed by atoms with van der Waals surface area (Å²) in [5.74, 6) is 0.766. The smallest absolute Gasteiger partial charge is 0.262 e. The average Bonchev–Trinajstić information content (AvgIpc) is 3.12. The molecular formula is C14H21N5O3S. The van der Waals surface area contributed by atoms with Gasteiger partial charge in [0.2, 0.25) is 0 Å². The molecule has 0 radical (unpaired) electrons. The fraction of sp³-hybridized carbons (Fsp3) is 0.571. The molecule has 1 atom stereocenters. The van der Waals surface area contributed by atoms with E-state index in [4.69, 9.17) is 4.74 Å². The van der Waals surface area contributed by atoms with E-state index in [1.807, 2.05) is 13.1 Å². The molecular weight excluding hydrogens is 318 g/mol. The van der Waals surface area contributed by atoms with Crippen molar-refractivity contribution in [1.82, 2.24) is 23.4 Å². The van der Waals surface area contributed by atoms with Crippen molar-refractivity contribution in [3.8, 4) is 0 Å². The third-order valence-corrected chi connectivity index (χ3v) is 5.99. The van der Waals surface area contributed by atoms with Gasteiger partial charge in [-0.15, -0.1) is 0 Å². The van der Waals surface area contributed by atoms with Crippen LogP contribution in [0.3, 0.4) is 0 Å². The molecule has 2 aromatic rings. The normalized spacial score (nSPS) is 19.0. The molecule has 0 fully saturated rings. The van der Waals surface area contributed by atoms with Gasteiger partial charge in [0.05, 0.1) is 19.0 Å². The summed E-state index contributed by atoms with van der Waals surface area (Å²) in [7, 11) is -0.203. The lowest BCUT2D eigenvalue weighted by molar-refractivity contribution is 0.198. The first-order chi connectivity index (χ1) is 10.9. The Balaban J connectivity index is 1.89. The second kappa shape index (κ2) is 6.06. The number of methoxy groups -OCH3 is 1. The maximum atomic E-state index is 12.8. The predicted octanol–water partition coefficient (Wildman–Crippen LogP) is 0.571. The number of hydrogen-bond acceptors (Lipinski definition) is 5. The van der Waals surface area contributed by atoms with Gasteiger partial charge in [0, 0.05) is 51.8 Å². The van der Waals surface area contributed by atoms with Crippen LogP contribution in [0.4, 0.5) is 0 Å². The van der Waals surface area contributed by atoms with Gasteiger partial charge in [-0.25, -0.2) is 18.4 Å². The molecule has 3 rings (SSSR count). The van der Waals surface area contributed by atoms with Crippen molar-refractivity contribution in [3.05, 3.63) is 30.2 Å². The Morgan fingerprint density at radius 1 is 1.35 bits per heavy atom. The number of rotatable bonds is 5. The fourth-order valence-electron chi connectivity index (χ4n) is 2.92. The molecule has 1 aliphatic rings. The van der Waals surface area contributed by atoms with E-state index in [9.17, 15) is 8.42 Å². The zero-order chi connectivity index (χ0) is 16.6. The number of nitrogens with zero attached hydrogens (tertiary/aromatic N) is 5. The van der Waals surface area contributed by atoms with Gasteiger partial charge in [-0.05, 0) is 6.92 Å². The van der Waals surface area contributed by atoms with Crippen LogP contribution in [0.1, 0.15) is 24.5 Å². The summed E-state index contributed by atoms with van der Waals surface area (Å²) in [6.07, 6.45) is 5.59. The average molecular weight is 339 g/mol. The summed E-state index contributed by atoms with van der Waals surface area (Å²) in [5, 5.41) is 0.0754. The lowest BCUT2D eigenvalue weighted by Gasteiger charge is -2.32. The molecule has 0 aromatic carbocycles. The van der Waals surface area contributed by atoms with E-state index < -0.39 is 10.0 Å². The highest BCUT2D eigenvalue weighted by Gasteiger charge is 2.36. The highest BCUT2D eigenvalue weighted by molar-refractivity contribution is 7.89. The molecule has 8 nitrogen and oxygen atoms in total. The fourth-order valence-corrected chi connectivity index (χ4v) is 4.47.